The van der Waals surface area contributed by atoms with Crippen LogP contribution in [0.4, 0.5) is 0 Å². The summed E-state index contributed by atoms with van der Waals surface area (Å²) in [6.07, 6.45) is 3.29. The van der Waals surface area contributed by atoms with Crippen LogP contribution in [-0.2, 0) is 4.79 Å². The highest BCUT2D eigenvalue weighted by Gasteiger charge is 2.22. The molecule has 1 unspecified atom stereocenters. The second-order valence-corrected chi connectivity index (χ2v) is 4.29. The first-order valence-electron chi connectivity index (χ1n) is 5.66. The number of Topliss-reactive ketones (excluding diaryl/α,β-unsaturated/α-hetero) is 1. The number of hydrogen-bond donors (Lipinski definition) is 2. The smallest absolute Gasteiger partial charge is 0.136 e. The number of para-hydroxylation sites is 1. The van der Waals surface area contributed by atoms with Gasteiger partial charge in [-0.3, -0.25) is 4.79 Å². The summed E-state index contributed by atoms with van der Waals surface area (Å²) in [4.78, 5) is 14.7. The first-order valence-corrected chi connectivity index (χ1v) is 5.66. The summed E-state index contributed by atoms with van der Waals surface area (Å²) < 4.78 is 0. The van der Waals surface area contributed by atoms with Crippen LogP contribution in [0.2, 0.25) is 0 Å². The molecule has 1 aliphatic rings. The van der Waals surface area contributed by atoms with Crippen molar-refractivity contribution in [2.45, 2.75) is 18.9 Å². The Balaban J connectivity index is 2.02. The minimum atomic E-state index is 0.178. The molecule has 1 aliphatic heterocycles. The van der Waals surface area contributed by atoms with E-state index in [1.54, 1.807) is 0 Å². The van der Waals surface area contributed by atoms with Crippen LogP contribution in [0, 0.1) is 0 Å². The molecule has 16 heavy (non-hydrogen) atoms. The highest BCUT2D eigenvalue weighted by Crippen LogP contribution is 2.27. The van der Waals surface area contributed by atoms with Gasteiger partial charge in [-0.2, -0.15) is 0 Å². The first-order chi connectivity index (χ1) is 7.84. The zero-order valence-corrected chi connectivity index (χ0v) is 8.99. The second kappa shape index (κ2) is 3.76. The molecule has 1 aromatic carbocycles. The van der Waals surface area contributed by atoms with Gasteiger partial charge in [0.15, 0.2) is 0 Å². The average Bonchev–Trinajstić information content (AvgIpc) is 2.72. The van der Waals surface area contributed by atoms with Gasteiger partial charge in [0, 0.05) is 42.5 Å². The molecule has 0 bridgehead atoms. The number of nitrogens with one attached hydrogen (secondary N) is 2. The van der Waals surface area contributed by atoms with Crippen LogP contribution in [0.5, 0.6) is 0 Å². The van der Waals surface area contributed by atoms with Gasteiger partial charge in [-0.05, 0) is 11.6 Å². The number of piperidine rings is 1. The highest BCUT2D eigenvalue weighted by atomic mass is 16.1. The lowest BCUT2D eigenvalue weighted by molar-refractivity contribution is -0.120. The van der Waals surface area contributed by atoms with Gasteiger partial charge < -0.3 is 10.3 Å². The SMILES string of the molecule is O=C1CCNC(c2c[nH]c3ccccc23)C1. The summed E-state index contributed by atoms with van der Waals surface area (Å²) in [7, 11) is 0. The Bertz CT molecular complexity index is 529. The summed E-state index contributed by atoms with van der Waals surface area (Å²) in [5.74, 6) is 0.356. The largest absolute Gasteiger partial charge is 0.361 e. The number of aromatic amines is 1. The number of hydrogen-bond acceptors (Lipinski definition) is 2. The Morgan fingerprint density at radius 3 is 3.00 bits per heavy atom. The lowest BCUT2D eigenvalue weighted by atomic mass is 9.96. The zero-order chi connectivity index (χ0) is 11.0. The number of carbonyl (C=O) groups is 1. The van der Waals surface area contributed by atoms with E-state index >= 15 is 0 Å². The number of aromatic nitrogens is 1. The fraction of sp³-hybridized carbons (Fsp3) is 0.308. The predicted octanol–water partition coefficient (Wildman–Crippen LogP) is 2.16. The summed E-state index contributed by atoms with van der Waals surface area (Å²) in [6.45, 7) is 0.795. The summed E-state index contributed by atoms with van der Waals surface area (Å²) in [6, 6.07) is 8.38. The predicted molar refractivity (Wildman–Crippen MR) is 63.3 cm³/mol. The minimum absolute atomic E-state index is 0.178. The first kappa shape index (κ1) is 9.60. The molecule has 0 spiro atoms. The molecule has 82 valence electrons. The van der Waals surface area contributed by atoms with Gasteiger partial charge in [0.05, 0.1) is 0 Å². The zero-order valence-electron chi connectivity index (χ0n) is 8.99. The van der Waals surface area contributed by atoms with Gasteiger partial charge in [-0.1, -0.05) is 18.2 Å². The van der Waals surface area contributed by atoms with E-state index in [1.165, 1.54) is 10.9 Å². The van der Waals surface area contributed by atoms with Crippen molar-refractivity contribution in [1.29, 1.82) is 0 Å². The van der Waals surface area contributed by atoms with E-state index < -0.39 is 0 Å². The molecule has 1 aromatic heterocycles. The monoisotopic (exact) mass is 214 g/mol. The molecule has 1 saturated heterocycles. The van der Waals surface area contributed by atoms with E-state index in [0.29, 0.717) is 18.6 Å². The molecule has 2 aromatic rings. The van der Waals surface area contributed by atoms with Gasteiger partial charge in [0.1, 0.15) is 5.78 Å². The van der Waals surface area contributed by atoms with Crippen LogP contribution in [0.15, 0.2) is 30.5 Å². The maximum atomic E-state index is 11.5. The molecule has 0 aliphatic carbocycles. The van der Waals surface area contributed by atoms with Gasteiger partial charge >= 0.3 is 0 Å². The van der Waals surface area contributed by atoms with Crippen LogP contribution < -0.4 is 5.32 Å². The van der Waals surface area contributed by atoms with Gasteiger partial charge in [-0.25, -0.2) is 0 Å². The summed E-state index contributed by atoms with van der Waals surface area (Å²) >= 11 is 0. The fourth-order valence-electron chi connectivity index (χ4n) is 2.39. The lowest BCUT2D eigenvalue weighted by Gasteiger charge is -2.22. The van der Waals surface area contributed by atoms with Crippen LogP contribution in [0.25, 0.3) is 10.9 Å². The summed E-state index contributed by atoms with van der Waals surface area (Å²) in [5.41, 5.74) is 2.35. The molecule has 1 atom stereocenters. The van der Waals surface area contributed by atoms with Crippen molar-refractivity contribution in [1.82, 2.24) is 10.3 Å². The van der Waals surface area contributed by atoms with Crippen molar-refractivity contribution in [3.8, 4) is 0 Å². The van der Waals surface area contributed by atoms with E-state index in [9.17, 15) is 4.79 Å². The summed E-state index contributed by atoms with van der Waals surface area (Å²) in [5, 5.41) is 4.62. The molecule has 3 rings (SSSR count). The number of H-pyrrole nitrogens is 1. The van der Waals surface area contributed by atoms with Crippen molar-refractivity contribution in [3.05, 3.63) is 36.0 Å². The van der Waals surface area contributed by atoms with Crippen LogP contribution in [0.3, 0.4) is 0 Å². The van der Waals surface area contributed by atoms with E-state index in [2.05, 4.69) is 22.4 Å². The normalized spacial score (nSPS) is 21.5. The maximum absolute atomic E-state index is 11.5. The number of fused-ring (bicyclic) bond motifs is 1. The molecule has 2 N–H and O–H groups in total. The quantitative estimate of drug-likeness (QED) is 0.764. The number of benzene rings is 1. The van der Waals surface area contributed by atoms with Crippen LogP contribution >= 0.6 is 0 Å². The average molecular weight is 214 g/mol. The minimum Gasteiger partial charge on any atom is -0.361 e. The highest BCUT2D eigenvalue weighted by molar-refractivity contribution is 5.86. The number of carbonyl (C=O) groups excluding carboxylic acids is 1. The molecule has 3 heteroatoms. The standard InChI is InChI=1S/C13H14N2O/c16-9-5-6-14-13(7-9)11-8-15-12-4-2-1-3-10(11)12/h1-4,8,13-15H,5-7H2. The molecular formula is C13H14N2O. The number of ketones is 1. The van der Waals surface area contributed by atoms with Crippen LogP contribution in [-0.4, -0.2) is 17.3 Å². The van der Waals surface area contributed by atoms with Gasteiger partial charge in [-0.15, -0.1) is 0 Å². The third-order valence-electron chi connectivity index (χ3n) is 3.22. The van der Waals surface area contributed by atoms with Crippen molar-refractivity contribution in [2.24, 2.45) is 0 Å². The van der Waals surface area contributed by atoms with Crippen molar-refractivity contribution >= 4 is 16.7 Å². The van der Waals surface area contributed by atoms with E-state index in [0.717, 1.165) is 12.1 Å². The topological polar surface area (TPSA) is 44.9 Å². The van der Waals surface area contributed by atoms with Crippen molar-refractivity contribution < 1.29 is 4.79 Å². The van der Waals surface area contributed by atoms with Crippen molar-refractivity contribution in [2.75, 3.05) is 6.54 Å². The Morgan fingerprint density at radius 2 is 2.12 bits per heavy atom. The Kier molecular flexibility index (Phi) is 2.26. The van der Waals surface area contributed by atoms with Gasteiger partial charge in [0.25, 0.3) is 0 Å². The second-order valence-electron chi connectivity index (χ2n) is 4.29. The molecule has 0 radical (unpaired) electrons. The molecule has 1 fully saturated rings. The third-order valence-corrected chi connectivity index (χ3v) is 3.22. The van der Waals surface area contributed by atoms with Crippen LogP contribution in [0.1, 0.15) is 24.4 Å². The molecule has 3 nitrogen and oxygen atoms in total. The van der Waals surface area contributed by atoms with Crippen molar-refractivity contribution in [3.63, 3.8) is 0 Å². The Labute approximate surface area is 93.9 Å². The Hall–Kier alpha value is -1.61. The van der Waals surface area contributed by atoms with E-state index in [4.69, 9.17) is 0 Å². The van der Waals surface area contributed by atoms with E-state index in [1.807, 2.05) is 18.3 Å². The lowest BCUT2D eigenvalue weighted by Crippen LogP contribution is -2.31. The fourth-order valence-corrected chi connectivity index (χ4v) is 2.39. The van der Waals surface area contributed by atoms with E-state index in [-0.39, 0.29) is 6.04 Å². The molecule has 0 saturated carbocycles. The third kappa shape index (κ3) is 1.53. The molecule has 0 amide bonds. The Morgan fingerprint density at radius 1 is 1.25 bits per heavy atom. The number of rotatable bonds is 1. The maximum Gasteiger partial charge on any atom is 0.136 e. The van der Waals surface area contributed by atoms with Gasteiger partial charge in [0.2, 0.25) is 0 Å². The molecular weight excluding hydrogens is 200 g/mol. The molecule has 2 heterocycles.